The zero-order valence-electron chi connectivity index (χ0n) is 45.6. The van der Waals surface area contributed by atoms with Gasteiger partial charge in [0.1, 0.15) is 36.0 Å². The second-order valence-corrected chi connectivity index (χ2v) is 19.8. The third-order valence-electron chi connectivity index (χ3n) is 13.9. The number of carbonyl (C=O) groups excluding carboxylic acids is 6. The van der Waals surface area contributed by atoms with Crippen molar-refractivity contribution in [2.45, 2.75) is 122 Å². The Morgan fingerprint density at radius 1 is 0.691 bits per heavy atom. The summed E-state index contributed by atoms with van der Waals surface area (Å²) in [5.41, 5.74) is 12.9. The number of nitrogens with zero attached hydrogens (tertiary/aromatic N) is 3. The van der Waals surface area contributed by atoms with Gasteiger partial charge >= 0.3 is 5.97 Å². The molecule has 4 heterocycles. The quantitative estimate of drug-likeness (QED) is 0.0115. The monoisotopic (exact) mass is 1110 g/mol. The van der Waals surface area contributed by atoms with Gasteiger partial charge in [-0.15, -0.1) is 0 Å². The van der Waals surface area contributed by atoms with E-state index in [1.54, 1.807) is 77.9 Å². The number of esters is 1. The number of carboxylic acids is 1. The van der Waals surface area contributed by atoms with Gasteiger partial charge in [0.05, 0.1) is 38.4 Å². The number of ether oxygens (including phenoxy) is 3. The van der Waals surface area contributed by atoms with E-state index < -0.39 is 47.7 Å². The predicted octanol–water partition coefficient (Wildman–Crippen LogP) is 10.5. The molecule has 2 unspecified atom stereocenters. The Kier molecular flexibility index (Phi) is 24.4. The van der Waals surface area contributed by atoms with Crippen LogP contribution in [0, 0.1) is 11.8 Å². The van der Waals surface area contributed by atoms with Crippen molar-refractivity contribution in [1.29, 1.82) is 0 Å². The van der Waals surface area contributed by atoms with Crippen molar-refractivity contribution in [3.8, 4) is 22.5 Å². The van der Waals surface area contributed by atoms with Gasteiger partial charge in [-0.1, -0.05) is 122 Å². The molecule has 2 aliphatic carbocycles. The number of rotatable bonds is 14. The minimum atomic E-state index is -1.00. The number of aromatic nitrogens is 2. The molecular formula is C62H70N4O15. The van der Waals surface area contributed by atoms with Gasteiger partial charge in [0, 0.05) is 65.2 Å². The maximum Gasteiger partial charge on any atom is 0.374 e. The number of carbonyl (C=O) groups is 7. The van der Waals surface area contributed by atoms with Crippen LogP contribution in [0.15, 0.2) is 136 Å². The highest BCUT2D eigenvalue weighted by atomic mass is 16.7. The number of aliphatic carboxylic acids is 1. The van der Waals surface area contributed by atoms with E-state index in [1.807, 2.05) is 42.5 Å². The topological polar surface area (TPSA) is 289 Å². The standard InChI is InChI=1S/C27H26N2O5.C17H20O6.C9H8N2O.C7H12O.C2H4O2/c30-16-17-6-8-20(9-7-17)25(31)23-24(19-4-2-1-3-5-19)29(27(33)26(23)32)21-12-10-18(11-13-21)22-14-15-34-28-22;1-21-17(20)15(19)10-14(18)13-7-5-12(6-8-13)11-23-16-4-2-3-9-22-16;10-8-3-1-7(2-4-8)9-5-6-12-11-9;8-6-7-4-2-1-3-5-7;1-2(3)4/h6-15,19,24,30-31H,1-5,16H2;5-8,16H,2-4,9-11H2,1H3;1-6H,10H2;6-7H,1-5H2;1H3,(H,3,4). The van der Waals surface area contributed by atoms with Crippen LogP contribution in [0.4, 0.5) is 11.4 Å². The molecule has 2 aliphatic heterocycles. The molecule has 2 saturated carbocycles. The lowest BCUT2D eigenvalue weighted by molar-refractivity contribution is -0.168. The molecule has 4 aromatic carbocycles. The molecule has 4 aliphatic rings. The summed E-state index contributed by atoms with van der Waals surface area (Å²) in [6.45, 7) is 2.10. The van der Waals surface area contributed by atoms with Crippen molar-refractivity contribution in [2.24, 2.45) is 11.8 Å². The number of hydrogen-bond donors (Lipinski definition) is 4. The molecule has 4 fully saturated rings. The summed E-state index contributed by atoms with van der Waals surface area (Å²) in [6, 6.07) is 31.3. The molecule has 0 bridgehead atoms. The normalized spacial score (nSPS) is 17.7. The number of benzene rings is 4. The van der Waals surface area contributed by atoms with E-state index >= 15 is 0 Å². The fraction of sp³-hybridized carbons (Fsp3) is 0.371. The lowest BCUT2D eigenvalue weighted by atomic mass is 9.80. The number of amides is 1. The summed E-state index contributed by atoms with van der Waals surface area (Å²) in [5, 5.41) is 35.7. The van der Waals surface area contributed by atoms with Crippen molar-refractivity contribution >= 4 is 58.6 Å². The first kappa shape index (κ1) is 61.8. The lowest BCUT2D eigenvalue weighted by Crippen LogP contribution is -2.40. The van der Waals surface area contributed by atoms with Crippen LogP contribution < -0.4 is 10.6 Å². The zero-order valence-corrected chi connectivity index (χ0v) is 45.6. The van der Waals surface area contributed by atoms with E-state index in [-0.39, 0.29) is 30.1 Å². The van der Waals surface area contributed by atoms with Gasteiger partial charge in [0.15, 0.2) is 12.1 Å². The number of aliphatic hydroxyl groups is 2. The smallest absolute Gasteiger partial charge is 0.374 e. The van der Waals surface area contributed by atoms with Crippen LogP contribution in [0.3, 0.4) is 0 Å². The summed E-state index contributed by atoms with van der Waals surface area (Å²) in [6.07, 6.45) is 17.7. The molecule has 2 atom stereocenters. The Hall–Kier alpha value is -8.39. The second-order valence-electron chi connectivity index (χ2n) is 19.8. The van der Waals surface area contributed by atoms with E-state index in [2.05, 4.69) is 15.1 Å². The van der Waals surface area contributed by atoms with Crippen LogP contribution in [0.5, 0.6) is 0 Å². The summed E-state index contributed by atoms with van der Waals surface area (Å²) in [7, 11) is 1.11. The van der Waals surface area contributed by atoms with Crippen LogP contribution in [-0.2, 0) is 56.2 Å². The van der Waals surface area contributed by atoms with Gasteiger partial charge in [-0.3, -0.25) is 28.9 Å². The van der Waals surface area contributed by atoms with Crippen LogP contribution in [0.1, 0.15) is 124 Å². The van der Waals surface area contributed by atoms with Crippen LogP contribution in [0.2, 0.25) is 0 Å². The number of Topliss-reactive ketones (excluding diaryl/α,β-unsaturated/α-hetero) is 3. The summed E-state index contributed by atoms with van der Waals surface area (Å²) in [5.74, 6) is -4.08. The summed E-state index contributed by atoms with van der Waals surface area (Å²) in [4.78, 5) is 81.6. The maximum absolute atomic E-state index is 13.3. The molecule has 2 aromatic heterocycles. The van der Waals surface area contributed by atoms with E-state index in [0.717, 1.165) is 119 Å². The largest absolute Gasteiger partial charge is 0.507 e. The van der Waals surface area contributed by atoms with E-state index in [9.17, 15) is 39.0 Å². The minimum Gasteiger partial charge on any atom is -0.507 e. The molecule has 5 N–H and O–H groups in total. The number of aldehydes is 1. The SMILES string of the molecule is CC(=O)O.COC(=O)C(=O)CC(=O)c1ccc(COC2CCCCO2)cc1.Nc1ccc(-c2ccon2)cc1.O=C1C(=O)N(c2ccc(-c3ccon3)cc2)C(C2CCCCC2)C1=C(O)c1ccc(CO)cc1.O=CC1CCCCC1. The number of nitrogen functional groups attached to an aromatic ring is 1. The van der Waals surface area contributed by atoms with Crippen LogP contribution in [0.25, 0.3) is 28.3 Å². The minimum absolute atomic E-state index is 0.0771. The van der Waals surface area contributed by atoms with E-state index in [4.69, 9.17) is 34.2 Å². The number of aliphatic hydroxyl groups excluding tert-OH is 2. The number of anilines is 2. The fourth-order valence-corrected chi connectivity index (χ4v) is 9.65. The number of hydrogen-bond acceptors (Lipinski definition) is 17. The zero-order chi connectivity index (χ0) is 58.1. The average Bonchev–Trinajstić information content (AvgIpc) is 4.44. The molecule has 81 heavy (non-hydrogen) atoms. The van der Waals surface area contributed by atoms with Crippen molar-refractivity contribution in [3.63, 3.8) is 0 Å². The van der Waals surface area contributed by atoms with Gasteiger partial charge in [0.25, 0.3) is 17.7 Å². The number of nitrogens with two attached hydrogens (primary N) is 1. The molecule has 2 saturated heterocycles. The van der Waals surface area contributed by atoms with E-state index in [1.165, 1.54) is 25.5 Å². The molecule has 10 rings (SSSR count). The number of methoxy groups -OCH3 is 1. The van der Waals surface area contributed by atoms with Gasteiger partial charge < -0.3 is 49.1 Å². The highest BCUT2D eigenvalue weighted by molar-refractivity contribution is 6.52. The first-order valence-electron chi connectivity index (χ1n) is 27.1. The molecule has 19 nitrogen and oxygen atoms in total. The number of carboxylic acid groups (broad SMARTS) is 1. The third-order valence-corrected chi connectivity index (χ3v) is 13.9. The predicted molar refractivity (Wildman–Crippen MR) is 300 cm³/mol. The Morgan fingerprint density at radius 3 is 1.72 bits per heavy atom. The van der Waals surface area contributed by atoms with Crippen LogP contribution >= 0.6 is 0 Å². The first-order valence-corrected chi connectivity index (χ1v) is 27.1. The third kappa shape index (κ3) is 18.6. The molecule has 6 aromatic rings. The van der Waals surface area contributed by atoms with Crippen LogP contribution in [-0.4, -0.2) is 93.2 Å². The summed E-state index contributed by atoms with van der Waals surface area (Å²) < 4.78 is 25.1. The molecule has 19 heteroatoms. The molecule has 428 valence electrons. The molecule has 0 spiro atoms. The van der Waals surface area contributed by atoms with E-state index in [0.29, 0.717) is 40.6 Å². The Morgan fingerprint density at radius 2 is 1.22 bits per heavy atom. The molecule has 1 amide bonds. The number of ketones is 3. The highest BCUT2D eigenvalue weighted by Gasteiger charge is 2.49. The van der Waals surface area contributed by atoms with Gasteiger partial charge in [0.2, 0.25) is 5.78 Å². The maximum atomic E-state index is 13.3. The first-order chi connectivity index (χ1) is 39.2. The Balaban J connectivity index is 0.000000192. The highest BCUT2D eigenvalue weighted by Crippen LogP contribution is 2.42. The average molecular weight is 1110 g/mol. The Bertz CT molecular complexity index is 2970. The van der Waals surface area contributed by atoms with Crippen molar-refractivity contribution < 1.29 is 72.1 Å². The molecule has 0 radical (unpaired) electrons. The lowest BCUT2D eigenvalue weighted by Gasteiger charge is -2.34. The van der Waals surface area contributed by atoms with Crippen molar-refractivity contribution in [1.82, 2.24) is 10.3 Å². The van der Waals surface area contributed by atoms with Crippen molar-refractivity contribution in [2.75, 3.05) is 24.4 Å². The van der Waals surface area contributed by atoms with Crippen molar-refractivity contribution in [3.05, 3.63) is 150 Å². The van der Waals surface area contributed by atoms with Gasteiger partial charge in [-0.2, -0.15) is 0 Å². The second kappa shape index (κ2) is 32.0. The fourth-order valence-electron chi connectivity index (χ4n) is 9.65. The molecular weight excluding hydrogens is 1040 g/mol. The Labute approximate surface area is 470 Å². The van der Waals surface area contributed by atoms with Gasteiger partial charge in [-0.25, -0.2) is 4.79 Å². The summed E-state index contributed by atoms with van der Waals surface area (Å²) >= 11 is 0. The van der Waals surface area contributed by atoms with Gasteiger partial charge in [-0.05, 0) is 86.3 Å².